The molecule has 0 aliphatic carbocycles. The molecule has 1 fully saturated rings. The first-order valence-electron chi connectivity index (χ1n) is 8.14. The minimum absolute atomic E-state index is 0.0643. The second-order valence-corrected chi connectivity index (χ2v) is 8.72. The van der Waals surface area contributed by atoms with E-state index in [4.69, 9.17) is 0 Å². The van der Waals surface area contributed by atoms with Crippen LogP contribution in [0.5, 0.6) is 0 Å². The molecule has 0 spiro atoms. The van der Waals surface area contributed by atoms with Crippen LogP contribution in [0.2, 0.25) is 0 Å². The number of hydrogen-bond donors (Lipinski definition) is 1. The molecule has 2 aromatic rings. The van der Waals surface area contributed by atoms with Crippen molar-refractivity contribution in [3.05, 3.63) is 50.6 Å². The van der Waals surface area contributed by atoms with Crippen LogP contribution in [0.3, 0.4) is 0 Å². The predicted octanol–water partition coefficient (Wildman–Crippen LogP) is 3.58. The number of piperazine rings is 1. The second-order valence-electron chi connectivity index (χ2n) is 6.17. The zero-order valence-electron chi connectivity index (χ0n) is 13.8. The Balaban J connectivity index is 1.41. The lowest BCUT2D eigenvalue weighted by atomic mass is 10.2. The fourth-order valence-electron chi connectivity index (χ4n) is 2.80. The van der Waals surface area contributed by atoms with Gasteiger partial charge < -0.3 is 5.32 Å². The summed E-state index contributed by atoms with van der Waals surface area (Å²) in [4.78, 5) is 18.2. The first kappa shape index (κ1) is 17.6. The van der Waals surface area contributed by atoms with Gasteiger partial charge in [-0.2, -0.15) is 0 Å². The van der Waals surface area contributed by atoms with Crippen LogP contribution in [-0.2, 0) is 11.3 Å². The summed E-state index contributed by atoms with van der Waals surface area (Å²) in [6.07, 6.45) is 0. The van der Waals surface area contributed by atoms with Gasteiger partial charge in [-0.05, 0) is 47.1 Å². The van der Waals surface area contributed by atoms with E-state index in [1.165, 1.54) is 14.2 Å². The normalized spacial score (nSPS) is 16.2. The van der Waals surface area contributed by atoms with Gasteiger partial charge in [0.2, 0.25) is 5.91 Å². The first-order valence-corrected chi connectivity index (χ1v) is 9.75. The van der Waals surface area contributed by atoms with Gasteiger partial charge in [0, 0.05) is 43.3 Å². The highest BCUT2D eigenvalue weighted by Crippen LogP contribution is 2.23. The van der Waals surface area contributed by atoms with Gasteiger partial charge in [0.25, 0.3) is 0 Å². The van der Waals surface area contributed by atoms with Gasteiger partial charge in [-0.1, -0.05) is 17.7 Å². The van der Waals surface area contributed by atoms with Crippen molar-refractivity contribution < 1.29 is 4.79 Å². The Bertz CT molecular complexity index is 678. The van der Waals surface area contributed by atoms with Crippen molar-refractivity contribution in [2.75, 3.05) is 38.0 Å². The Hall–Kier alpha value is -1.21. The van der Waals surface area contributed by atoms with E-state index in [0.717, 1.165) is 38.4 Å². The van der Waals surface area contributed by atoms with Crippen LogP contribution in [0.15, 0.2) is 40.2 Å². The number of aryl methyl sites for hydroxylation is 1. The molecule has 1 aromatic heterocycles. The molecule has 0 saturated carbocycles. The summed E-state index contributed by atoms with van der Waals surface area (Å²) in [5, 5.41) is 2.97. The van der Waals surface area contributed by atoms with Crippen LogP contribution in [0.25, 0.3) is 0 Å². The average Bonchev–Trinajstić information content (AvgIpc) is 2.96. The molecule has 1 N–H and O–H groups in total. The van der Waals surface area contributed by atoms with Gasteiger partial charge in [0.15, 0.2) is 0 Å². The number of carbonyl (C=O) groups is 1. The van der Waals surface area contributed by atoms with E-state index in [1.54, 1.807) is 11.3 Å². The van der Waals surface area contributed by atoms with Crippen LogP contribution in [0.1, 0.15) is 10.4 Å². The zero-order chi connectivity index (χ0) is 16.9. The SMILES string of the molecule is Cc1ccc(NC(=O)CN2CCN(Cc3ccc(Br)s3)CC2)cc1. The summed E-state index contributed by atoms with van der Waals surface area (Å²) in [6.45, 7) is 7.40. The lowest BCUT2D eigenvalue weighted by Crippen LogP contribution is -2.48. The largest absolute Gasteiger partial charge is 0.325 e. The highest BCUT2D eigenvalue weighted by Gasteiger charge is 2.19. The fraction of sp³-hybridized carbons (Fsp3) is 0.389. The Morgan fingerprint density at radius 2 is 1.75 bits per heavy atom. The van der Waals surface area contributed by atoms with Gasteiger partial charge >= 0.3 is 0 Å². The summed E-state index contributed by atoms with van der Waals surface area (Å²) in [5.74, 6) is 0.0643. The van der Waals surface area contributed by atoms with Crippen LogP contribution in [0, 0.1) is 6.92 Å². The van der Waals surface area contributed by atoms with Crippen LogP contribution >= 0.6 is 27.3 Å². The van der Waals surface area contributed by atoms with Gasteiger partial charge in [-0.25, -0.2) is 0 Å². The molecule has 24 heavy (non-hydrogen) atoms. The number of halogens is 1. The number of amides is 1. The number of rotatable bonds is 5. The lowest BCUT2D eigenvalue weighted by Gasteiger charge is -2.34. The van der Waals surface area contributed by atoms with Gasteiger partial charge in [-0.3, -0.25) is 14.6 Å². The molecule has 3 rings (SSSR count). The van der Waals surface area contributed by atoms with Crippen LogP contribution < -0.4 is 5.32 Å². The Morgan fingerprint density at radius 1 is 1.08 bits per heavy atom. The Kier molecular flexibility index (Phi) is 6.05. The van der Waals surface area contributed by atoms with Crippen molar-refractivity contribution in [1.82, 2.24) is 9.80 Å². The number of anilines is 1. The number of benzene rings is 1. The lowest BCUT2D eigenvalue weighted by molar-refractivity contribution is -0.117. The zero-order valence-corrected chi connectivity index (χ0v) is 16.2. The topological polar surface area (TPSA) is 35.6 Å². The molecule has 4 nitrogen and oxygen atoms in total. The van der Waals surface area contributed by atoms with Crippen molar-refractivity contribution in [2.24, 2.45) is 0 Å². The van der Waals surface area contributed by atoms with Crippen molar-refractivity contribution >= 4 is 38.9 Å². The molecule has 1 aromatic carbocycles. The van der Waals surface area contributed by atoms with Crippen LogP contribution in [-0.4, -0.2) is 48.4 Å². The van der Waals surface area contributed by atoms with E-state index in [9.17, 15) is 4.79 Å². The van der Waals surface area contributed by atoms with Crippen molar-refractivity contribution in [3.63, 3.8) is 0 Å². The standard InChI is InChI=1S/C18H22BrN3OS/c1-14-2-4-15(5-3-14)20-18(23)13-22-10-8-21(9-11-22)12-16-6-7-17(19)24-16/h2-7H,8-13H2,1H3,(H,20,23). The van der Waals surface area contributed by atoms with Crippen molar-refractivity contribution in [3.8, 4) is 0 Å². The number of nitrogens with one attached hydrogen (secondary N) is 1. The van der Waals surface area contributed by atoms with E-state index in [2.05, 4.69) is 43.2 Å². The molecule has 0 radical (unpaired) electrons. The predicted molar refractivity (Wildman–Crippen MR) is 104 cm³/mol. The minimum Gasteiger partial charge on any atom is -0.325 e. The monoisotopic (exact) mass is 407 g/mol. The Labute approximate surface area is 155 Å². The van der Waals surface area contributed by atoms with Gasteiger partial charge in [0.05, 0.1) is 10.3 Å². The van der Waals surface area contributed by atoms with E-state index < -0.39 is 0 Å². The third-order valence-corrected chi connectivity index (χ3v) is 5.78. The molecule has 128 valence electrons. The smallest absolute Gasteiger partial charge is 0.238 e. The number of nitrogens with zero attached hydrogens (tertiary/aromatic N) is 2. The molecule has 1 aliphatic heterocycles. The maximum Gasteiger partial charge on any atom is 0.238 e. The van der Waals surface area contributed by atoms with Gasteiger partial charge in [-0.15, -0.1) is 11.3 Å². The molecule has 1 aliphatic rings. The summed E-state index contributed by atoms with van der Waals surface area (Å²) in [6, 6.07) is 12.2. The molecule has 0 unspecified atom stereocenters. The van der Waals surface area contributed by atoms with E-state index in [1.807, 2.05) is 31.2 Å². The summed E-state index contributed by atoms with van der Waals surface area (Å²) in [5.41, 5.74) is 2.06. The quantitative estimate of drug-likeness (QED) is 0.822. The Morgan fingerprint density at radius 3 is 2.38 bits per heavy atom. The van der Waals surface area contributed by atoms with Crippen molar-refractivity contribution in [2.45, 2.75) is 13.5 Å². The maximum atomic E-state index is 12.2. The van der Waals surface area contributed by atoms with Crippen molar-refractivity contribution in [1.29, 1.82) is 0 Å². The second kappa shape index (κ2) is 8.25. The third-order valence-electron chi connectivity index (χ3n) is 4.18. The molecule has 1 saturated heterocycles. The first-order chi connectivity index (χ1) is 11.6. The number of thiophene rings is 1. The molecule has 1 amide bonds. The van der Waals surface area contributed by atoms with E-state index >= 15 is 0 Å². The molecule has 0 bridgehead atoms. The summed E-state index contributed by atoms with van der Waals surface area (Å²) in [7, 11) is 0. The number of hydrogen-bond acceptors (Lipinski definition) is 4. The molecular formula is C18H22BrN3OS. The van der Waals surface area contributed by atoms with E-state index in [-0.39, 0.29) is 5.91 Å². The highest BCUT2D eigenvalue weighted by atomic mass is 79.9. The highest BCUT2D eigenvalue weighted by molar-refractivity contribution is 9.11. The average molecular weight is 408 g/mol. The molecule has 2 heterocycles. The van der Waals surface area contributed by atoms with Gasteiger partial charge in [0.1, 0.15) is 0 Å². The van der Waals surface area contributed by atoms with Crippen LogP contribution in [0.4, 0.5) is 5.69 Å². The minimum atomic E-state index is 0.0643. The maximum absolute atomic E-state index is 12.2. The molecular weight excluding hydrogens is 386 g/mol. The molecule has 0 atom stereocenters. The van der Waals surface area contributed by atoms with E-state index in [0.29, 0.717) is 6.54 Å². The molecule has 6 heteroatoms. The third kappa shape index (κ3) is 5.14. The fourth-order valence-corrected chi connectivity index (χ4v) is 4.33. The number of carbonyl (C=O) groups excluding carboxylic acids is 1. The summed E-state index contributed by atoms with van der Waals surface area (Å²) < 4.78 is 1.18. The summed E-state index contributed by atoms with van der Waals surface area (Å²) >= 11 is 5.30.